The van der Waals surface area contributed by atoms with E-state index in [9.17, 15) is 4.79 Å². The van der Waals surface area contributed by atoms with Crippen LogP contribution < -0.4 is 10.6 Å². The topological polar surface area (TPSA) is 54.0 Å². The predicted octanol–water partition coefficient (Wildman–Crippen LogP) is 1.90. The van der Waals surface area contributed by atoms with Gasteiger partial charge in [0.1, 0.15) is 5.82 Å². The second-order valence-corrected chi connectivity index (χ2v) is 4.69. The number of nitrogens with zero attached hydrogens (tertiary/aromatic N) is 1. The first-order valence-electron chi connectivity index (χ1n) is 6.79. The average molecular weight is 247 g/mol. The first-order valence-corrected chi connectivity index (χ1v) is 6.79. The first-order chi connectivity index (χ1) is 8.79. The van der Waals surface area contributed by atoms with Gasteiger partial charge in [-0.1, -0.05) is 13.0 Å². The molecular weight excluding hydrogens is 226 g/mol. The summed E-state index contributed by atoms with van der Waals surface area (Å²) in [7, 11) is 0. The Morgan fingerprint density at radius 2 is 2.39 bits per heavy atom. The molecule has 0 spiro atoms. The molecule has 1 amide bonds. The van der Waals surface area contributed by atoms with Gasteiger partial charge in [-0.25, -0.2) is 4.98 Å². The maximum atomic E-state index is 11.5. The number of anilines is 1. The first kappa shape index (κ1) is 12.9. The number of nitrogens with one attached hydrogen (secondary N) is 2. The highest BCUT2D eigenvalue weighted by molar-refractivity contribution is 5.76. The number of hydrogen-bond acceptors (Lipinski definition) is 3. The van der Waals surface area contributed by atoms with Crippen molar-refractivity contribution in [2.24, 2.45) is 0 Å². The summed E-state index contributed by atoms with van der Waals surface area (Å²) in [6.45, 7) is 3.81. The summed E-state index contributed by atoms with van der Waals surface area (Å²) in [5.74, 6) is 1.12. The van der Waals surface area contributed by atoms with Gasteiger partial charge in [0.2, 0.25) is 5.91 Å². The number of pyridine rings is 1. The zero-order valence-electron chi connectivity index (χ0n) is 11.0. The summed E-state index contributed by atoms with van der Waals surface area (Å²) in [5.41, 5.74) is 2.29. The predicted molar refractivity (Wildman–Crippen MR) is 72.7 cm³/mol. The highest BCUT2D eigenvalue weighted by Crippen LogP contribution is 2.19. The van der Waals surface area contributed by atoms with Gasteiger partial charge in [-0.15, -0.1) is 0 Å². The smallest absolute Gasteiger partial charge is 0.220 e. The van der Waals surface area contributed by atoms with Crippen LogP contribution in [0.2, 0.25) is 0 Å². The fourth-order valence-corrected chi connectivity index (χ4v) is 2.10. The van der Waals surface area contributed by atoms with Crippen molar-refractivity contribution >= 4 is 11.7 Å². The summed E-state index contributed by atoms with van der Waals surface area (Å²) in [6.07, 6.45) is 4.49. The van der Waals surface area contributed by atoms with E-state index in [0.29, 0.717) is 12.8 Å². The van der Waals surface area contributed by atoms with Crippen LogP contribution in [0.4, 0.5) is 5.82 Å². The van der Waals surface area contributed by atoms with Gasteiger partial charge in [0, 0.05) is 25.2 Å². The van der Waals surface area contributed by atoms with E-state index in [4.69, 9.17) is 0 Å². The van der Waals surface area contributed by atoms with Crippen LogP contribution >= 0.6 is 0 Å². The molecule has 98 valence electrons. The lowest BCUT2D eigenvalue weighted by Crippen LogP contribution is -2.24. The van der Waals surface area contributed by atoms with Crippen LogP contribution in [0.25, 0.3) is 0 Å². The number of amides is 1. The summed E-state index contributed by atoms with van der Waals surface area (Å²) in [6, 6.07) is 4.17. The van der Waals surface area contributed by atoms with Crippen molar-refractivity contribution < 1.29 is 4.79 Å². The third-order valence-corrected chi connectivity index (χ3v) is 3.13. The van der Waals surface area contributed by atoms with Crippen LogP contribution in [0.15, 0.2) is 12.1 Å². The molecule has 1 aliphatic rings. The van der Waals surface area contributed by atoms with E-state index in [-0.39, 0.29) is 5.91 Å². The van der Waals surface area contributed by atoms with Crippen LogP contribution in [0.5, 0.6) is 0 Å². The quantitative estimate of drug-likeness (QED) is 0.835. The Morgan fingerprint density at radius 3 is 3.22 bits per heavy atom. The Labute approximate surface area is 108 Å². The fourth-order valence-electron chi connectivity index (χ4n) is 2.10. The van der Waals surface area contributed by atoms with E-state index in [1.165, 1.54) is 12.0 Å². The van der Waals surface area contributed by atoms with Gasteiger partial charge in [0.25, 0.3) is 0 Å². The second-order valence-electron chi connectivity index (χ2n) is 4.69. The molecule has 1 aromatic rings. The molecule has 0 unspecified atom stereocenters. The molecule has 0 aliphatic carbocycles. The molecule has 2 heterocycles. The van der Waals surface area contributed by atoms with Crippen molar-refractivity contribution in [3.05, 3.63) is 23.4 Å². The summed E-state index contributed by atoms with van der Waals surface area (Å²) in [5, 5.41) is 6.20. The standard InChI is InChI=1S/C14H21N3O/c1-2-9-15-13(18)8-7-12-6-5-11-4-3-10-16-14(11)17-12/h5-6H,2-4,7-10H2,1H3,(H,15,18)(H,16,17). The molecule has 2 rings (SSSR count). The maximum Gasteiger partial charge on any atom is 0.220 e. The normalized spacial score (nSPS) is 13.6. The van der Waals surface area contributed by atoms with Crippen molar-refractivity contribution in [2.75, 3.05) is 18.4 Å². The van der Waals surface area contributed by atoms with Gasteiger partial charge in [0.05, 0.1) is 0 Å². The zero-order chi connectivity index (χ0) is 12.8. The van der Waals surface area contributed by atoms with Crippen molar-refractivity contribution in [1.82, 2.24) is 10.3 Å². The number of aromatic nitrogens is 1. The van der Waals surface area contributed by atoms with Crippen LogP contribution in [-0.4, -0.2) is 24.0 Å². The molecule has 18 heavy (non-hydrogen) atoms. The van der Waals surface area contributed by atoms with Crippen molar-refractivity contribution in [2.45, 2.75) is 39.0 Å². The third kappa shape index (κ3) is 3.45. The van der Waals surface area contributed by atoms with Gasteiger partial charge < -0.3 is 10.6 Å². The Bertz CT molecular complexity index is 418. The molecular formula is C14H21N3O. The SMILES string of the molecule is CCCNC(=O)CCc1ccc2c(n1)NCCC2. The third-order valence-electron chi connectivity index (χ3n) is 3.13. The monoisotopic (exact) mass is 247 g/mol. The average Bonchev–Trinajstić information content (AvgIpc) is 2.42. The van der Waals surface area contributed by atoms with Gasteiger partial charge in [-0.05, 0) is 37.3 Å². The molecule has 0 saturated heterocycles. The fraction of sp³-hybridized carbons (Fsp3) is 0.571. The molecule has 1 aliphatic heterocycles. The lowest BCUT2D eigenvalue weighted by atomic mass is 10.1. The van der Waals surface area contributed by atoms with Crippen LogP contribution in [0, 0.1) is 0 Å². The Morgan fingerprint density at radius 1 is 1.50 bits per heavy atom. The summed E-state index contributed by atoms with van der Waals surface area (Å²) in [4.78, 5) is 16.1. The highest BCUT2D eigenvalue weighted by atomic mass is 16.1. The van der Waals surface area contributed by atoms with Crippen LogP contribution in [-0.2, 0) is 17.6 Å². The molecule has 0 aromatic carbocycles. The van der Waals surface area contributed by atoms with Crippen molar-refractivity contribution in [3.63, 3.8) is 0 Å². The van der Waals surface area contributed by atoms with Gasteiger partial charge in [0.15, 0.2) is 0 Å². The Balaban J connectivity index is 1.88. The number of rotatable bonds is 5. The van der Waals surface area contributed by atoms with E-state index >= 15 is 0 Å². The minimum absolute atomic E-state index is 0.115. The van der Waals surface area contributed by atoms with Crippen molar-refractivity contribution in [3.8, 4) is 0 Å². The van der Waals surface area contributed by atoms with Crippen molar-refractivity contribution in [1.29, 1.82) is 0 Å². The van der Waals surface area contributed by atoms with E-state index in [1.54, 1.807) is 0 Å². The van der Waals surface area contributed by atoms with E-state index in [1.807, 2.05) is 6.07 Å². The Kier molecular flexibility index (Phi) is 4.56. The number of fused-ring (bicyclic) bond motifs is 1. The molecule has 0 radical (unpaired) electrons. The van der Waals surface area contributed by atoms with Gasteiger partial charge in [-0.3, -0.25) is 4.79 Å². The number of carbonyl (C=O) groups is 1. The second kappa shape index (κ2) is 6.38. The van der Waals surface area contributed by atoms with Crippen LogP contribution in [0.3, 0.4) is 0 Å². The molecule has 2 N–H and O–H groups in total. The van der Waals surface area contributed by atoms with E-state index in [2.05, 4.69) is 28.6 Å². The minimum atomic E-state index is 0.115. The van der Waals surface area contributed by atoms with Crippen LogP contribution in [0.1, 0.15) is 37.4 Å². The van der Waals surface area contributed by atoms with Gasteiger partial charge in [-0.2, -0.15) is 0 Å². The lowest BCUT2D eigenvalue weighted by Gasteiger charge is -2.17. The molecule has 0 bridgehead atoms. The number of carbonyl (C=O) groups excluding carboxylic acids is 1. The zero-order valence-corrected chi connectivity index (χ0v) is 11.0. The summed E-state index contributed by atoms with van der Waals surface area (Å²) >= 11 is 0. The largest absolute Gasteiger partial charge is 0.370 e. The molecule has 0 atom stereocenters. The highest BCUT2D eigenvalue weighted by Gasteiger charge is 2.10. The molecule has 0 fully saturated rings. The maximum absolute atomic E-state index is 11.5. The summed E-state index contributed by atoms with van der Waals surface area (Å²) < 4.78 is 0. The molecule has 0 saturated carbocycles. The Hall–Kier alpha value is -1.58. The van der Waals surface area contributed by atoms with E-state index < -0.39 is 0 Å². The number of hydrogen-bond donors (Lipinski definition) is 2. The lowest BCUT2D eigenvalue weighted by molar-refractivity contribution is -0.121. The minimum Gasteiger partial charge on any atom is -0.370 e. The molecule has 4 heteroatoms. The van der Waals surface area contributed by atoms with E-state index in [0.717, 1.165) is 37.4 Å². The number of aryl methyl sites for hydroxylation is 2. The molecule has 4 nitrogen and oxygen atoms in total. The molecule has 1 aromatic heterocycles. The van der Waals surface area contributed by atoms with Gasteiger partial charge >= 0.3 is 0 Å².